The quantitative estimate of drug-likeness (QED) is 0.498. The molecule has 0 bridgehead atoms. The number of nitrogens with one attached hydrogen (secondary N) is 1. The van der Waals surface area contributed by atoms with Gasteiger partial charge >= 0.3 is 12.3 Å². The number of nitro benzene ring substituents is 1. The minimum absolute atomic E-state index is 0.00191. The van der Waals surface area contributed by atoms with Crippen molar-refractivity contribution in [1.29, 1.82) is 0 Å². The van der Waals surface area contributed by atoms with Crippen LogP contribution in [-0.4, -0.2) is 23.8 Å². The molecule has 106 valence electrons. The second-order valence-electron chi connectivity index (χ2n) is 3.66. The maximum atomic E-state index is 12.6. The molecular weight excluding hydrogens is 292 g/mol. The predicted molar refractivity (Wildman–Crippen MR) is 60.8 cm³/mol. The molecule has 0 saturated heterocycles. The van der Waals surface area contributed by atoms with Gasteiger partial charge in [0.15, 0.2) is 0 Å². The van der Waals surface area contributed by atoms with E-state index in [1.54, 1.807) is 0 Å². The first kappa shape index (κ1) is 15.6. The van der Waals surface area contributed by atoms with Crippen molar-refractivity contribution in [3.63, 3.8) is 0 Å². The molecule has 1 aromatic carbocycles. The molecule has 0 aliphatic carbocycles. The van der Waals surface area contributed by atoms with Crippen molar-refractivity contribution in [2.45, 2.75) is 18.9 Å². The molecule has 0 aliphatic heterocycles. The normalized spacial score (nSPS) is 11.9. The fourth-order valence-electron chi connectivity index (χ4n) is 1.32. The van der Waals surface area contributed by atoms with Gasteiger partial charge in [0.2, 0.25) is 0 Å². The van der Waals surface area contributed by atoms with Crippen LogP contribution in [0, 0.1) is 10.1 Å². The summed E-state index contributed by atoms with van der Waals surface area (Å²) in [6.07, 6.45) is -3.80. The summed E-state index contributed by atoms with van der Waals surface area (Å²) in [5, 5.41) is 12.7. The summed E-state index contributed by atoms with van der Waals surface area (Å²) in [5.41, 5.74) is -0.389. The van der Waals surface area contributed by atoms with Gasteiger partial charge in [0.1, 0.15) is 0 Å². The van der Waals surface area contributed by atoms with Crippen molar-refractivity contribution < 1.29 is 22.5 Å². The maximum absolute atomic E-state index is 12.6. The molecule has 4 nitrogen and oxygen atoms in total. The number of halogens is 5. The van der Waals surface area contributed by atoms with Gasteiger partial charge in [0.25, 0.3) is 5.69 Å². The van der Waals surface area contributed by atoms with Crippen LogP contribution in [0.2, 0.25) is 5.02 Å². The van der Waals surface area contributed by atoms with E-state index in [0.29, 0.717) is 0 Å². The molecule has 9 heteroatoms. The summed E-state index contributed by atoms with van der Waals surface area (Å²) in [4.78, 5) is 9.97. The minimum atomic E-state index is -4.20. The lowest BCUT2D eigenvalue weighted by Crippen LogP contribution is -2.38. The van der Waals surface area contributed by atoms with Gasteiger partial charge in [-0.05, 0) is 6.07 Å². The van der Waals surface area contributed by atoms with E-state index in [9.17, 15) is 27.7 Å². The molecule has 0 spiro atoms. The summed E-state index contributed by atoms with van der Waals surface area (Å²) in [7, 11) is 0. The lowest BCUT2D eigenvalue weighted by atomic mass is 10.1. The smallest absolute Gasteiger partial charge is 0.307 e. The van der Waals surface area contributed by atoms with Crippen LogP contribution in [-0.2, 0) is 6.54 Å². The average molecular weight is 301 g/mol. The summed E-state index contributed by atoms with van der Waals surface area (Å²) < 4.78 is 49.1. The van der Waals surface area contributed by atoms with Gasteiger partial charge in [0, 0.05) is 12.6 Å². The summed E-state index contributed by atoms with van der Waals surface area (Å²) in [6.45, 7) is -1.70. The molecule has 0 heterocycles. The van der Waals surface area contributed by atoms with Gasteiger partial charge in [0.05, 0.1) is 22.1 Å². The highest BCUT2D eigenvalue weighted by molar-refractivity contribution is 6.31. The zero-order chi connectivity index (χ0) is 14.6. The van der Waals surface area contributed by atoms with E-state index in [1.165, 1.54) is 12.1 Å². The van der Waals surface area contributed by atoms with Gasteiger partial charge in [-0.15, -0.1) is 0 Å². The molecule has 0 saturated carbocycles. The number of nitrogens with zero attached hydrogens (tertiary/aromatic N) is 1. The van der Waals surface area contributed by atoms with Crippen molar-refractivity contribution in [3.8, 4) is 0 Å². The number of alkyl halides is 4. The third-order valence-corrected chi connectivity index (χ3v) is 2.63. The van der Waals surface area contributed by atoms with Gasteiger partial charge in [-0.2, -0.15) is 8.78 Å². The SMILES string of the molecule is O=[N+]([O-])c1cccc(Cl)c1CNCC(F)(F)C(F)F. The summed E-state index contributed by atoms with van der Waals surface area (Å²) in [6, 6.07) is 3.82. The highest BCUT2D eigenvalue weighted by Gasteiger charge is 2.40. The van der Waals surface area contributed by atoms with Crippen LogP contribution in [0.4, 0.5) is 23.2 Å². The predicted octanol–water partition coefficient (Wildman–Crippen LogP) is 3.24. The molecule has 0 fully saturated rings. The summed E-state index contributed by atoms with van der Waals surface area (Å²) in [5.74, 6) is -4.20. The molecule has 0 atom stereocenters. The highest BCUT2D eigenvalue weighted by atomic mass is 35.5. The third-order valence-electron chi connectivity index (χ3n) is 2.27. The largest absolute Gasteiger partial charge is 0.319 e. The first-order valence-corrected chi connectivity index (χ1v) is 5.42. The molecule has 1 N–H and O–H groups in total. The number of rotatable bonds is 6. The van der Waals surface area contributed by atoms with E-state index in [1.807, 2.05) is 5.32 Å². The highest BCUT2D eigenvalue weighted by Crippen LogP contribution is 2.27. The van der Waals surface area contributed by atoms with Crippen LogP contribution in [0.15, 0.2) is 18.2 Å². The van der Waals surface area contributed by atoms with Crippen LogP contribution < -0.4 is 5.32 Å². The molecule has 1 rings (SSSR count). The van der Waals surface area contributed by atoms with Gasteiger partial charge in [-0.1, -0.05) is 17.7 Å². The first-order chi connectivity index (χ1) is 8.75. The van der Waals surface area contributed by atoms with E-state index >= 15 is 0 Å². The Kier molecular flexibility index (Phi) is 5.07. The fraction of sp³-hybridized carbons (Fsp3) is 0.400. The van der Waals surface area contributed by atoms with E-state index in [4.69, 9.17) is 11.6 Å². The Labute approximate surface area is 110 Å². The lowest BCUT2D eigenvalue weighted by Gasteiger charge is -2.16. The second-order valence-corrected chi connectivity index (χ2v) is 4.07. The molecular formula is C10H9ClF4N2O2. The molecule has 0 unspecified atom stereocenters. The minimum Gasteiger partial charge on any atom is -0.307 e. The van der Waals surface area contributed by atoms with Crippen LogP contribution in [0.25, 0.3) is 0 Å². The zero-order valence-corrected chi connectivity index (χ0v) is 10.1. The lowest BCUT2D eigenvalue weighted by molar-refractivity contribution is -0.385. The average Bonchev–Trinajstić information content (AvgIpc) is 2.30. The molecule has 0 radical (unpaired) electrons. The first-order valence-electron chi connectivity index (χ1n) is 5.04. The Bertz CT molecular complexity index is 471. The van der Waals surface area contributed by atoms with E-state index < -0.39 is 30.4 Å². The molecule has 19 heavy (non-hydrogen) atoms. The van der Waals surface area contributed by atoms with Crippen LogP contribution in [0.5, 0.6) is 0 Å². The number of hydrogen-bond acceptors (Lipinski definition) is 3. The van der Waals surface area contributed by atoms with Crippen molar-refractivity contribution in [3.05, 3.63) is 38.9 Å². The summed E-state index contributed by atoms with van der Waals surface area (Å²) >= 11 is 5.71. The van der Waals surface area contributed by atoms with E-state index in [-0.39, 0.29) is 16.3 Å². The fourth-order valence-corrected chi connectivity index (χ4v) is 1.56. The monoisotopic (exact) mass is 300 g/mol. The van der Waals surface area contributed by atoms with Crippen molar-refractivity contribution in [2.24, 2.45) is 0 Å². The number of nitro groups is 1. The van der Waals surface area contributed by atoms with Gasteiger partial charge < -0.3 is 5.32 Å². The Hall–Kier alpha value is -1.41. The number of hydrogen-bond donors (Lipinski definition) is 1. The van der Waals surface area contributed by atoms with Crippen molar-refractivity contribution >= 4 is 17.3 Å². The van der Waals surface area contributed by atoms with Gasteiger partial charge in [-0.25, -0.2) is 8.78 Å². The van der Waals surface area contributed by atoms with E-state index in [0.717, 1.165) is 6.07 Å². The van der Waals surface area contributed by atoms with Crippen LogP contribution in [0.3, 0.4) is 0 Å². The Morgan fingerprint density at radius 2 is 2.05 bits per heavy atom. The van der Waals surface area contributed by atoms with Gasteiger partial charge in [-0.3, -0.25) is 10.1 Å². The van der Waals surface area contributed by atoms with Crippen molar-refractivity contribution in [2.75, 3.05) is 6.54 Å². The topological polar surface area (TPSA) is 55.2 Å². The van der Waals surface area contributed by atoms with Crippen molar-refractivity contribution in [1.82, 2.24) is 5.32 Å². The Morgan fingerprint density at radius 3 is 2.58 bits per heavy atom. The molecule has 0 aliphatic rings. The van der Waals surface area contributed by atoms with Crippen LogP contribution >= 0.6 is 11.6 Å². The molecule has 0 amide bonds. The zero-order valence-electron chi connectivity index (χ0n) is 9.38. The second kappa shape index (κ2) is 6.16. The van der Waals surface area contributed by atoms with Crippen LogP contribution in [0.1, 0.15) is 5.56 Å². The molecule has 1 aromatic rings. The van der Waals surface area contributed by atoms with E-state index in [2.05, 4.69) is 0 Å². The Balaban J connectivity index is 2.76. The number of benzene rings is 1. The standard InChI is InChI=1S/C10H9ClF4N2O2/c11-7-2-1-3-8(17(18)19)6(7)4-16-5-10(14,15)9(12)13/h1-3,9,16H,4-5H2. The Morgan fingerprint density at radius 1 is 1.42 bits per heavy atom. The third kappa shape index (κ3) is 4.03. The maximum Gasteiger partial charge on any atom is 0.319 e. The molecule has 0 aromatic heterocycles.